The Hall–Kier alpha value is -7.76. The van der Waals surface area contributed by atoms with Gasteiger partial charge in [-0.1, -0.05) is 177 Å². The summed E-state index contributed by atoms with van der Waals surface area (Å²) in [6.45, 7) is 34.9. The third-order valence-electron chi connectivity index (χ3n) is 17.4. The van der Waals surface area contributed by atoms with Gasteiger partial charge in [-0.15, -0.1) is 0 Å². The standard InChI is InChI=1S/C75H77BN4/c1-71(2,3)46-47-38-68-70-69(39-47)78(53-24-20-17-21-25-53)67-45-55(80-64-36-28-50(74(10,11)12)42-58(64)59-43-51(75(13,14)15)29-37-65(59)80)31-33-61(67)76(70)60-32-30-54(44-66(60)77(68)52-22-18-16-19-23-52)79-62-34-26-48(72(4,5)6)40-56(62)57-41-49(73(7,8)9)27-35-63(57)79/h16-45H,46H2,1-15H3. The highest BCUT2D eigenvalue weighted by molar-refractivity contribution is 7.00. The van der Waals surface area contributed by atoms with Crippen LogP contribution in [0.5, 0.6) is 0 Å². The van der Waals surface area contributed by atoms with Gasteiger partial charge < -0.3 is 18.9 Å². The first-order chi connectivity index (χ1) is 37.8. The largest absolute Gasteiger partial charge is 0.311 e. The molecule has 13 rings (SSSR count). The Kier molecular flexibility index (Phi) is 11.5. The molecule has 2 aliphatic rings. The van der Waals surface area contributed by atoms with Crippen LogP contribution in [0.25, 0.3) is 55.0 Å². The second-order valence-corrected chi connectivity index (χ2v) is 28.6. The second-order valence-electron chi connectivity index (χ2n) is 28.6. The summed E-state index contributed by atoms with van der Waals surface area (Å²) in [5.74, 6) is 0. The molecule has 4 nitrogen and oxygen atoms in total. The van der Waals surface area contributed by atoms with E-state index in [9.17, 15) is 0 Å². The lowest BCUT2D eigenvalue weighted by molar-refractivity contribution is 0.411. The molecule has 0 amide bonds. The zero-order valence-electron chi connectivity index (χ0n) is 49.9. The Bertz CT molecular complexity index is 3880. The summed E-state index contributed by atoms with van der Waals surface area (Å²) in [6.07, 6.45) is 0.923. The van der Waals surface area contributed by atoms with Crippen molar-refractivity contribution >= 4 is 101 Å². The molecule has 0 fully saturated rings. The maximum atomic E-state index is 2.59. The molecule has 0 N–H and O–H groups in total. The van der Waals surface area contributed by atoms with Gasteiger partial charge in [0, 0.05) is 67.0 Å². The zero-order chi connectivity index (χ0) is 56.2. The SMILES string of the molecule is CC(C)(C)Cc1cc2c3c(c1)N(c1ccccc1)c1cc(-n4c5ccc(C(C)(C)C)cc5c5cc(C(C)(C)C)ccc54)ccc1B3c1ccc(-n3c4ccc(C(C)(C)C)cc4c4cc(C(C)(C)C)ccc43)cc1N2c1ccccc1. The molecule has 2 aliphatic heterocycles. The van der Waals surface area contributed by atoms with Crippen molar-refractivity contribution in [2.24, 2.45) is 5.41 Å². The summed E-state index contributed by atoms with van der Waals surface area (Å²) < 4.78 is 5.06. The molecule has 2 aromatic heterocycles. The van der Waals surface area contributed by atoms with Gasteiger partial charge in [0.15, 0.2) is 0 Å². The average Bonchev–Trinajstić information content (AvgIpc) is 4.07. The third-order valence-corrected chi connectivity index (χ3v) is 17.4. The smallest absolute Gasteiger partial charge is 0.252 e. The van der Waals surface area contributed by atoms with Crippen LogP contribution in [0.15, 0.2) is 182 Å². The third kappa shape index (κ3) is 8.48. The number of para-hydroxylation sites is 2. The number of hydrogen-bond donors (Lipinski definition) is 0. The molecule has 0 radical (unpaired) electrons. The highest BCUT2D eigenvalue weighted by Crippen LogP contribution is 2.48. The molecule has 400 valence electrons. The molecule has 0 atom stereocenters. The van der Waals surface area contributed by atoms with Crippen LogP contribution in [-0.4, -0.2) is 15.8 Å². The molecule has 5 heteroatoms. The van der Waals surface area contributed by atoms with E-state index < -0.39 is 0 Å². The Morgan fingerprint density at radius 2 is 0.637 bits per heavy atom. The lowest BCUT2D eigenvalue weighted by atomic mass is 9.33. The number of hydrogen-bond acceptors (Lipinski definition) is 2. The van der Waals surface area contributed by atoms with Crippen molar-refractivity contribution < 1.29 is 0 Å². The van der Waals surface area contributed by atoms with Gasteiger partial charge in [0.05, 0.1) is 22.1 Å². The van der Waals surface area contributed by atoms with E-state index in [2.05, 4.69) is 305 Å². The maximum Gasteiger partial charge on any atom is 0.252 e. The van der Waals surface area contributed by atoms with Crippen molar-refractivity contribution in [3.8, 4) is 11.4 Å². The van der Waals surface area contributed by atoms with Gasteiger partial charge in [0.2, 0.25) is 0 Å². The van der Waals surface area contributed by atoms with Crippen molar-refractivity contribution in [2.75, 3.05) is 9.80 Å². The van der Waals surface area contributed by atoms with Gasteiger partial charge in [-0.2, -0.15) is 0 Å². The summed E-state index contributed by atoms with van der Waals surface area (Å²) in [6, 6.07) is 70.8. The highest BCUT2D eigenvalue weighted by Gasteiger charge is 2.44. The Morgan fingerprint density at radius 3 is 0.938 bits per heavy atom. The summed E-state index contributed by atoms with van der Waals surface area (Å²) in [4.78, 5) is 5.17. The number of benzene rings is 9. The summed E-state index contributed by atoms with van der Waals surface area (Å²) in [5, 5.41) is 5.18. The fraction of sp³-hybridized carbons (Fsp3) is 0.280. The van der Waals surface area contributed by atoms with E-state index in [0.717, 1.165) is 29.2 Å². The van der Waals surface area contributed by atoms with Gasteiger partial charge >= 0.3 is 0 Å². The number of aromatic nitrogens is 2. The number of rotatable bonds is 5. The van der Waals surface area contributed by atoms with Crippen LogP contribution in [0.3, 0.4) is 0 Å². The summed E-state index contributed by atoms with van der Waals surface area (Å²) >= 11 is 0. The maximum absolute atomic E-state index is 2.59. The van der Waals surface area contributed by atoms with E-state index in [0.29, 0.717) is 0 Å². The van der Waals surface area contributed by atoms with Crippen LogP contribution in [0.4, 0.5) is 34.1 Å². The molecule has 80 heavy (non-hydrogen) atoms. The molecular formula is C75H77BN4. The van der Waals surface area contributed by atoms with E-state index in [4.69, 9.17) is 0 Å². The van der Waals surface area contributed by atoms with Gasteiger partial charge in [-0.25, -0.2) is 0 Å². The Balaban J connectivity index is 1.10. The van der Waals surface area contributed by atoms with Crippen LogP contribution >= 0.6 is 0 Å². The fourth-order valence-corrected chi connectivity index (χ4v) is 13.2. The topological polar surface area (TPSA) is 16.3 Å². The molecule has 0 bridgehead atoms. The average molecular weight is 1050 g/mol. The minimum absolute atomic E-state index is 0.00719. The minimum atomic E-state index is -0.0552. The molecule has 4 heterocycles. The molecule has 9 aromatic carbocycles. The van der Waals surface area contributed by atoms with Crippen molar-refractivity contribution in [3.05, 3.63) is 210 Å². The molecule has 11 aromatic rings. The lowest BCUT2D eigenvalue weighted by Gasteiger charge is -2.45. The van der Waals surface area contributed by atoms with Gasteiger partial charge in [0.1, 0.15) is 0 Å². The normalized spacial score (nSPS) is 13.9. The van der Waals surface area contributed by atoms with E-state index in [1.165, 1.54) is 111 Å². The van der Waals surface area contributed by atoms with Crippen LogP contribution in [0, 0.1) is 5.41 Å². The van der Waals surface area contributed by atoms with Crippen LogP contribution in [-0.2, 0) is 28.1 Å². The van der Waals surface area contributed by atoms with Crippen LogP contribution in [0.2, 0.25) is 0 Å². The summed E-state index contributed by atoms with van der Waals surface area (Å²) in [7, 11) is 0. The first-order valence-corrected chi connectivity index (χ1v) is 29.2. The quantitative estimate of drug-likeness (QED) is 0.160. The van der Waals surface area contributed by atoms with Crippen molar-refractivity contribution in [2.45, 2.75) is 132 Å². The zero-order valence-corrected chi connectivity index (χ0v) is 49.9. The molecule has 0 aliphatic carbocycles. The molecule has 0 spiro atoms. The fourth-order valence-electron chi connectivity index (χ4n) is 13.2. The first-order valence-electron chi connectivity index (χ1n) is 29.2. The predicted molar refractivity (Wildman–Crippen MR) is 347 cm³/mol. The van der Waals surface area contributed by atoms with Crippen LogP contribution in [0.1, 0.15) is 132 Å². The van der Waals surface area contributed by atoms with Crippen molar-refractivity contribution in [3.63, 3.8) is 0 Å². The van der Waals surface area contributed by atoms with Gasteiger partial charge in [0.25, 0.3) is 6.71 Å². The van der Waals surface area contributed by atoms with E-state index in [-0.39, 0.29) is 33.8 Å². The lowest BCUT2D eigenvalue weighted by Crippen LogP contribution is -2.61. The van der Waals surface area contributed by atoms with Crippen LogP contribution < -0.4 is 26.2 Å². The second kappa shape index (κ2) is 17.9. The highest BCUT2D eigenvalue weighted by atomic mass is 15.2. The molecule has 0 saturated carbocycles. The monoisotopic (exact) mass is 1040 g/mol. The van der Waals surface area contributed by atoms with Crippen molar-refractivity contribution in [1.82, 2.24) is 9.13 Å². The Morgan fingerprint density at radius 1 is 0.312 bits per heavy atom. The van der Waals surface area contributed by atoms with Gasteiger partial charge in [-0.05, 0) is 187 Å². The number of fused-ring (bicyclic) bond motifs is 10. The summed E-state index contributed by atoms with van der Waals surface area (Å²) in [5.41, 5.74) is 25.0. The van der Waals surface area contributed by atoms with E-state index in [1.54, 1.807) is 0 Å². The predicted octanol–water partition coefficient (Wildman–Crippen LogP) is 18.7. The van der Waals surface area contributed by atoms with E-state index >= 15 is 0 Å². The molecular weight excluding hydrogens is 968 g/mol. The number of nitrogens with zero attached hydrogens (tertiary/aromatic N) is 4. The molecule has 0 unspecified atom stereocenters. The number of anilines is 6. The van der Waals surface area contributed by atoms with Gasteiger partial charge in [-0.3, -0.25) is 0 Å². The first kappa shape index (κ1) is 51.7. The van der Waals surface area contributed by atoms with Crippen molar-refractivity contribution in [1.29, 1.82) is 0 Å². The minimum Gasteiger partial charge on any atom is -0.311 e. The van der Waals surface area contributed by atoms with E-state index in [1.807, 2.05) is 0 Å². The Labute approximate surface area is 475 Å². The molecule has 0 saturated heterocycles.